The van der Waals surface area contributed by atoms with Gasteiger partial charge in [-0.15, -0.1) is 0 Å². The van der Waals surface area contributed by atoms with Crippen LogP contribution in [0.3, 0.4) is 0 Å². The van der Waals surface area contributed by atoms with Gasteiger partial charge in [-0.05, 0) is 48.9 Å². The molecule has 0 saturated carbocycles. The molecule has 4 aromatic rings. The minimum absolute atomic E-state index is 0.192. The topological polar surface area (TPSA) is 115 Å². The van der Waals surface area contributed by atoms with Gasteiger partial charge in [0.15, 0.2) is 11.6 Å². The highest BCUT2D eigenvalue weighted by molar-refractivity contribution is 6.07. The zero-order valence-electron chi connectivity index (χ0n) is 15.4. The molecule has 4 rings (SSSR count). The molecular formula is C20H16N6O3. The Hall–Kier alpha value is -4.27. The number of furan rings is 1. The Labute approximate surface area is 165 Å². The normalized spacial score (nSPS) is 10.5. The lowest BCUT2D eigenvalue weighted by atomic mass is 10.1. The Morgan fingerprint density at radius 3 is 2.66 bits per heavy atom. The number of aryl methyl sites for hydroxylation is 1. The van der Waals surface area contributed by atoms with Crippen LogP contribution < -0.4 is 10.6 Å². The summed E-state index contributed by atoms with van der Waals surface area (Å²) in [6.07, 6.45) is 5.90. The maximum Gasteiger partial charge on any atom is 0.291 e. The van der Waals surface area contributed by atoms with E-state index in [1.54, 1.807) is 42.5 Å². The lowest BCUT2D eigenvalue weighted by molar-refractivity contribution is 0.0993. The van der Waals surface area contributed by atoms with E-state index >= 15 is 0 Å². The number of hydrogen-bond acceptors (Lipinski definition) is 6. The van der Waals surface area contributed by atoms with Gasteiger partial charge in [0.1, 0.15) is 12.7 Å². The van der Waals surface area contributed by atoms with Crippen molar-refractivity contribution in [3.8, 4) is 5.82 Å². The molecule has 3 aromatic heterocycles. The van der Waals surface area contributed by atoms with Crippen LogP contribution in [0.15, 0.2) is 72.0 Å². The summed E-state index contributed by atoms with van der Waals surface area (Å²) in [6, 6.07) is 11.7. The van der Waals surface area contributed by atoms with E-state index in [9.17, 15) is 9.59 Å². The molecule has 144 valence electrons. The van der Waals surface area contributed by atoms with Crippen molar-refractivity contribution in [3.05, 3.63) is 84.5 Å². The second-order valence-electron chi connectivity index (χ2n) is 6.16. The first-order chi connectivity index (χ1) is 14.1. The third-order valence-corrected chi connectivity index (χ3v) is 4.15. The Morgan fingerprint density at radius 2 is 1.97 bits per heavy atom. The first-order valence-electron chi connectivity index (χ1n) is 8.68. The standard InChI is InChI=1S/C20H16N6O3/c1-13-4-5-14(9-16(13)25-20(28)17-3-2-8-29-17)19(27)24-15-6-7-18(22-10-15)26-12-21-11-23-26/h2-12H,1H3,(H,24,27)(H,25,28). The second-order valence-corrected chi connectivity index (χ2v) is 6.16. The van der Waals surface area contributed by atoms with E-state index in [0.717, 1.165) is 5.56 Å². The number of rotatable bonds is 5. The molecule has 0 aliphatic rings. The number of nitrogens with one attached hydrogen (secondary N) is 2. The van der Waals surface area contributed by atoms with E-state index < -0.39 is 0 Å². The number of nitrogens with zero attached hydrogens (tertiary/aromatic N) is 4. The molecule has 2 N–H and O–H groups in total. The summed E-state index contributed by atoms with van der Waals surface area (Å²) in [5.74, 6) is 0.0638. The minimum Gasteiger partial charge on any atom is -0.459 e. The molecule has 3 heterocycles. The fourth-order valence-corrected chi connectivity index (χ4v) is 2.61. The third-order valence-electron chi connectivity index (χ3n) is 4.15. The van der Waals surface area contributed by atoms with Crippen molar-refractivity contribution < 1.29 is 14.0 Å². The maximum atomic E-state index is 12.6. The second kappa shape index (κ2) is 7.77. The van der Waals surface area contributed by atoms with E-state index in [1.807, 2.05) is 6.92 Å². The van der Waals surface area contributed by atoms with Gasteiger partial charge in [-0.2, -0.15) is 5.10 Å². The fourth-order valence-electron chi connectivity index (χ4n) is 2.61. The summed E-state index contributed by atoms with van der Waals surface area (Å²) >= 11 is 0. The SMILES string of the molecule is Cc1ccc(C(=O)Nc2ccc(-n3cncn3)nc2)cc1NC(=O)c1ccco1. The van der Waals surface area contributed by atoms with E-state index in [2.05, 4.69) is 25.7 Å². The van der Waals surface area contributed by atoms with E-state index in [0.29, 0.717) is 22.8 Å². The van der Waals surface area contributed by atoms with Crippen LogP contribution in [0.1, 0.15) is 26.5 Å². The summed E-state index contributed by atoms with van der Waals surface area (Å²) in [7, 11) is 0. The summed E-state index contributed by atoms with van der Waals surface area (Å²) in [5, 5.41) is 9.53. The van der Waals surface area contributed by atoms with Gasteiger partial charge in [0, 0.05) is 11.3 Å². The number of carbonyl (C=O) groups is 2. The van der Waals surface area contributed by atoms with Gasteiger partial charge in [0.05, 0.1) is 18.1 Å². The lowest BCUT2D eigenvalue weighted by Gasteiger charge is -2.10. The minimum atomic E-state index is -0.386. The molecule has 0 fully saturated rings. The Balaban J connectivity index is 1.48. The van der Waals surface area contributed by atoms with Gasteiger partial charge >= 0.3 is 0 Å². The van der Waals surface area contributed by atoms with Gasteiger partial charge in [-0.3, -0.25) is 9.59 Å². The molecule has 0 unspecified atom stereocenters. The Morgan fingerprint density at radius 1 is 1.07 bits per heavy atom. The average Bonchev–Trinajstić information content (AvgIpc) is 3.44. The van der Waals surface area contributed by atoms with Gasteiger partial charge < -0.3 is 15.1 Å². The quantitative estimate of drug-likeness (QED) is 0.543. The molecule has 0 radical (unpaired) electrons. The molecule has 0 spiro atoms. The largest absolute Gasteiger partial charge is 0.459 e. The zero-order chi connectivity index (χ0) is 20.2. The summed E-state index contributed by atoms with van der Waals surface area (Å²) < 4.78 is 6.61. The van der Waals surface area contributed by atoms with Crippen molar-refractivity contribution in [2.24, 2.45) is 0 Å². The highest BCUT2D eigenvalue weighted by Gasteiger charge is 2.13. The van der Waals surface area contributed by atoms with Gasteiger partial charge in [0.25, 0.3) is 11.8 Å². The van der Waals surface area contributed by atoms with Crippen LogP contribution in [0.25, 0.3) is 5.82 Å². The predicted octanol–water partition coefficient (Wildman–Crippen LogP) is 3.07. The van der Waals surface area contributed by atoms with Gasteiger partial charge in [-0.25, -0.2) is 14.6 Å². The Bertz CT molecular complexity index is 1140. The number of aromatic nitrogens is 4. The van der Waals surface area contributed by atoms with Crippen LogP contribution in [0.2, 0.25) is 0 Å². The van der Waals surface area contributed by atoms with Gasteiger partial charge in [0.2, 0.25) is 0 Å². The molecule has 0 bridgehead atoms. The van der Waals surface area contributed by atoms with Crippen molar-refractivity contribution in [3.63, 3.8) is 0 Å². The van der Waals surface area contributed by atoms with E-state index in [4.69, 9.17) is 4.42 Å². The van der Waals surface area contributed by atoms with Crippen LogP contribution in [-0.2, 0) is 0 Å². The number of amides is 2. The molecule has 0 aliphatic heterocycles. The molecule has 2 amide bonds. The fraction of sp³-hybridized carbons (Fsp3) is 0.0500. The molecule has 9 nitrogen and oxygen atoms in total. The Kier molecular flexibility index (Phi) is 4.85. The van der Waals surface area contributed by atoms with Crippen molar-refractivity contribution in [2.75, 3.05) is 10.6 Å². The number of anilines is 2. The van der Waals surface area contributed by atoms with Crippen LogP contribution in [0.4, 0.5) is 11.4 Å². The number of carbonyl (C=O) groups excluding carboxylic acids is 2. The first kappa shape index (κ1) is 18.1. The molecule has 0 aliphatic carbocycles. The number of benzene rings is 1. The monoisotopic (exact) mass is 388 g/mol. The summed E-state index contributed by atoms with van der Waals surface area (Å²) in [5.41, 5.74) is 2.27. The average molecular weight is 388 g/mol. The number of hydrogen-bond donors (Lipinski definition) is 2. The lowest BCUT2D eigenvalue weighted by Crippen LogP contribution is -2.15. The number of pyridine rings is 1. The van der Waals surface area contributed by atoms with Crippen LogP contribution in [0, 0.1) is 6.92 Å². The molecular weight excluding hydrogens is 372 g/mol. The van der Waals surface area contributed by atoms with E-state index in [1.165, 1.54) is 29.8 Å². The van der Waals surface area contributed by atoms with Crippen LogP contribution in [-0.4, -0.2) is 31.6 Å². The maximum absolute atomic E-state index is 12.6. The molecule has 9 heteroatoms. The molecule has 0 saturated heterocycles. The highest BCUT2D eigenvalue weighted by atomic mass is 16.3. The van der Waals surface area contributed by atoms with Crippen LogP contribution >= 0.6 is 0 Å². The van der Waals surface area contributed by atoms with Crippen LogP contribution in [0.5, 0.6) is 0 Å². The predicted molar refractivity (Wildman–Crippen MR) is 105 cm³/mol. The summed E-state index contributed by atoms with van der Waals surface area (Å²) in [4.78, 5) is 32.9. The van der Waals surface area contributed by atoms with Crippen molar-refractivity contribution in [2.45, 2.75) is 6.92 Å². The molecule has 1 aromatic carbocycles. The smallest absolute Gasteiger partial charge is 0.291 e. The van der Waals surface area contributed by atoms with Crippen molar-refractivity contribution in [1.29, 1.82) is 0 Å². The van der Waals surface area contributed by atoms with Crippen molar-refractivity contribution in [1.82, 2.24) is 19.7 Å². The van der Waals surface area contributed by atoms with E-state index in [-0.39, 0.29) is 17.6 Å². The molecule has 29 heavy (non-hydrogen) atoms. The highest BCUT2D eigenvalue weighted by Crippen LogP contribution is 2.19. The van der Waals surface area contributed by atoms with Crippen molar-refractivity contribution >= 4 is 23.2 Å². The summed E-state index contributed by atoms with van der Waals surface area (Å²) in [6.45, 7) is 1.84. The molecule has 0 atom stereocenters. The van der Waals surface area contributed by atoms with Gasteiger partial charge in [-0.1, -0.05) is 6.07 Å². The zero-order valence-corrected chi connectivity index (χ0v) is 15.4. The third kappa shape index (κ3) is 4.03. The first-order valence-corrected chi connectivity index (χ1v) is 8.68.